The van der Waals surface area contributed by atoms with Crippen molar-refractivity contribution < 1.29 is 4.39 Å². The third-order valence-electron chi connectivity index (χ3n) is 3.16. The molecule has 21 heavy (non-hydrogen) atoms. The SMILES string of the molecule is CC(Cl)c1nc2cc(F)c(Br)cc2n1-c1ccc(I)cc1. The molecule has 0 spiro atoms. The van der Waals surface area contributed by atoms with Crippen LogP contribution >= 0.6 is 50.1 Å². The second kappa shape index (κ2) is 5.85. The largest absolute Gasteiger partial charge is 0.295 e. The Morgan fingerprint density at radius 2 is 1.95 bits per heavy atom. The Hall–Kier alpha value is -0.660. The van der Waals surface area contributed by atoms with Crippen molar-refractivity contribution in [2.24, 2.45) is 0 Å². The molecule has 0 fully saturated rings. The lowest BCUT2D eigenvalue weighted by molar-refractivity contribution is 0.623. The molecule has 0 saturated carbocycles. The molecule has 1 aromatic heterocycles. The predicted molar refractivity (Wildman–Crippen MR) is 95.7 cm³/mol. The number of fused-ring (bicyclic) bond motifs is 1. The van der Waals surface area contributed by atoms with E-state index in [1.165, 1.54) is 6.07 Å². The molecule has 1 unspecified atom stereocenters. The minimum Gasteiger partial charge on any atom is -0.295 e. The van der Waals surface area contributed by atoms with Gasteiger partial charge in [-0.05, 0) is 75.8 Å². The lowest BCUT2D eigenvalue weighted by atomic mass is 10.2. The summed E-state index contributed by atoms with van der Waals surface area (Å²) in [7, 11) is 0. The van der Waals surface area contributed by atoms with Crippen LogP contribution in [0, 0.1) is 9.39 Å². The third-order valence-corrected chi connectivity index (χ3v) is 4.69. The smallest absolute Gasteiger partial charge is 0.139 e. The molecule has 1 atom stereocenters. The summed E-state index contributed by atoms with van der Waals surface area (Å²) >= 11 is 11.7. The van der Waals surface area contributed by atoms with E-state index in [4.69, 9.17) is 11.6 Å². The molecular formula is C15H10BrClFIN2. The molecule has 0 aliphatic heterocycles. The summed E-state index contributed by atoms with van der Waals surface area (Å²) in [4.78, 5) is 4.48. The Bertz CT molecular complexity index is 815. The van der Waals surface area contributed by atoms with Crippen molar-refractivity contribution in [1.82, 2.24) is 9.55 Å². The minimum absolute atomic E-state index is 0.279. The molecule has 0 aliphatic carbocycles. The highest BCUT2D eigenvalue weighted by atomic mass is 127. The molecule has 2 nitrogen and oxygen atoms in total. The average molecular weight is 480 g/mol. The highest BCUT2D eigenvalue weighted by Gasteiger charge is 2.18. The molecule has 3 aromatic rings. The van der Waals surface area contributed by atoms with Crippen LogP contribution in [0.3, 0.4) is 0 Å². The second-order valence-corrected chi connectivity index (χ2v) is 7.41. The second-order valence-electron chi connectivity index (χ2n) is 4.65. The number of alkyl halides is 1. The monoisotopic (exact) mass is 478 g/mol. The van der Waals surface area contributed by atoms with Crippen LogP contribution in [-0.4, -0.2) is 9.55 Å². The van der Waals surface area contributed by atoms with Gasteiger partial charge in [0, 0.05) is 15.3 Å². The van der Waals surface area contributed by atoms with Crippen molar-refractivity contribution >= 4 is 61.2 Å². The minimum atomic E-state index is -0.330. The van der Waals surface area contributed by atoms with E-state index in [-0.39, 0.29) is 11.2 Å². The topological polar surface area (TPSA) is 17.8 Å². The summed E-state index contributed by atoms with van der Waals surface area (Å²) in [6.45, 7) is 1.86. The zero-order chi connectivity index (χ0) is 15.1. The van der Waals surface area contributed by atoms with E-state index in [1.807, 2.05) is 35.8 Å². The molecule has 6 heteroatoms. The highest BCUT2D eigenvalue weighted by molar-refractivity contribution is 14.1. The predicted octanol–water partition coefficient (Wildman–Crippen LogP) is 5.83. The van der Waals surface area contributed by atoms with Crippen molar-refractivity contribution in [3.05, 3.63) is 56.1 Å². The molecule has 0 radical (unpaired) electrons. The lowest BCUT2D eigenvalue weighted by Gasteiger charge is -2.11. The summed E-state index contributed by atoms with van der Waals surface area (Å²) in [5.74, 6) is 0.369. The first-order chi connectivity index (χ1) is 9.97. The molecule has 3 rings (SSSR count). The van der Waals surface area contributed by atoms with Crippen LogP contribution in [0.25, 0.3) is 16.7 Å². The van der Waals surface area contributed by atoms with Gasteiger partial charge in [-0.15, -0.1) is 11.6 Å². The molecule has 0 amide bonds. The van der Waals surface area contributed by atoms with E-state index in [9.17, 15) is 4.39 Å². The fourth-order valence-electron chi connectivity index (χ4n) is 2.22. The van der Waals surface area contributed by atoms with Crippen molar-refractivity contribution in [2.45, 2.75) is 12.3 Å². The number of rotatable bonds is 2. The van der Waals surface area contributed by atoms with Crippen molar-refractivity contribution in [3.8, 4) is 5.69 Å². The summed E-state index contributed by atoms with van der Waals surface area (Å²) in [6.07, 6.45) is 0. The normalized spacial score (nSPS) is 12.8. The number of imidazole rings is 1. The van der Waals surface area contributed by atoms with Gasteiger partial charge in [-0.1, -0.05) is 0 Å². The molecular weight excluding hydrogens is 469 g/mol. The standard InChI is InChI=1S/C15H10BrClFIN2/c1-8(17)15-20-13-7-12(18)11(16)6-14(13)21(15)10-4-2-9(19)3-5-10/h2-8H,1H3. The Balaban J connectivity index is 2.35. The van der Waals surface area contributed by atoms with Crippen LogP contribution < -0.4 is 0 Å². The molecule has 0 saturated heterocycles. The van der Waals surface area contributed by atoms with Crippen molar-refractivity contribution in [3.63, 3.8) is 0 Å². The van der Waals surface area contributed by atoms with Gasteiger partial charge in [-0.25, -0.2) is 9.37 Å². The van der Waals surface area contributed by atoms with Gasteiger partial charge in [0.05, 0.1) is 20.9 Å². The van der Waals surface area contributed by atoms with E-state index in [0.29, 0.717) is 15.8 Å². The Labute approximate surface area is 148 Å². The summed E-state index contributed by atoms with van der Waals surface area (Å²) in [5.41, 5.74) is 2.38. The molecule has 0 bridgehead atoms. The average Bonchev–Trinajstić information content (AvgIpc) is 2.79. The van der Waals surface area contributed by atoms with E-state index in [2.05, 4.69) is 43.5 Å². The van der Waals surface area contributed by atoms with Crippen LogP contribution in [0.15, 0.2) is 40.9 Å². The van der Waals surface area contributed by atoms with Crippen LogP contribution in [-0.2, 0) is 0 Å². The molecule has 108 valence electrons. The van der Waals surface area contributed by atoms with Gasteiger partial charge in [-0.2, -0.15) is 0 Å². The van der Waals surface area contributed by atoms with E-state index in [0.717, 1.165) is 14.8 Å². The molecule has 2 aromatic carbocycles. The first kappa shape index (κ1) is 15.2. The number of aromatic nitrogens is 2. The first-order valence-electron chi connectivity index (χ1n) is 6.25. The van der Waals surface area contributed by atoms with Crippen molar-refractivity contribution in [2.75, 3.05) is 0 Å². The quantitative estimate of drug-likeness (QED) is 0.334. The zero-order valence-corrected chi connectivity index (χ0v) is 15.4. The van der Waals surface area contributed by atoms with Gasteiger partial charge in [-0.3, -0.25) is 4.57 Å². The maximum absolute atomic E-state index is 13.7. The van der Waals surface area contributed by atoms with Crippen LogP contribution in [0.1, 0.15) is 18.1 Å². The van der Waals surface area contributed by atoms with E-state index >= 15 is 0 Å². The fraction of sp³-hybridized carbons (Fsp3) is 0.133. The maximum Gasteiger partial charge on any atom is 0.139 e. The Kier molecular flexibility index (Phi) is 4.25. The van der Waals surface area contributed by atoms with E-state index < -0.39 is 0 Å². The van der Waals surface area contributed by atoms with Gasteiger partial charge < -0.3 is 0 Å². The number of benzene rings is 2. The highest BCUT2D eigenvalue weighted by Crippen LogP contribution is 2.31. The van der Waals surface area contributed by atoms with Gasteiger partial charge >= 0.3 is 0 Å². The van der Waals surface area contributed by atoms with E-state index in [1.54, 1.807) is 6.07 Å². The Morgan fingerprint density at radius 3 is 2.57 bits per heavy atom. The Morgan fingerprint density at radius 1 is 1.29 bits per heavy atom. The van der Waals surface area contributed by atoms with Gasteiger partial charge in [0.1, 0.15) is 11.6 Å². The van der Waals surface area contributed by atoms with Crippen LogP contribution in [0.4, 0.5) is 4.39 Å². The van der Waals surface area contributed by atoms with Crippen LogP contribution in [0.2, 0.25) is 0 Å². The third kappa shape index (κ3) is 2.83. The van der Waals surface area contributed by atoms with Crippen LogP contribution in [0.5, 0.6) is 0 Å². The number of nitrogens with zero attached hydrogens (tertiary/aromatic N) is 2. The number of hydrogen-bond acceptors (Lipinski definition) is 1. The van der Waals surface area contributed by atoms with Gasteiger partial charge in [0.25, 0.3) is 0 Å². The molecule has 1 heterocycles. The number of hydrogen-bond donors (Lipinski definition) is 0. The lowest BCUT2D eigenvalue weighted by Crippen LogP contribution is -2.01. The number of halogens is 4. The molecule has 0 aliphatic rings. The maximum atomic E-state index is 13.7. The molecule has 0 N–H and O–H groups in total. The zero-order valence-electron chi connectivity index (χ0n) is 10.9. The van der Waals surface area contributed by atoms with Crippen molar-refractivity contribution in [1.29, 1.82) is 0 Å². The fourth-order valence-corrected chi connectivity index (χ4v) is 3.06. The first-order valence-corrected chi connectivity index (χ1v) is 8.55. The summed E-state index contributed by atoms with van der Waals surface area (Å²) in [6, 6.07) is 11.2. The van der Waals surface area contributed by atoms with Gasteiger partial charge in [0.15, 0.2) is 0 Å². The van der Waals surface area contributed by atoms with Gasteiger partial charge in [0.2, 0.25) is 0 Å². The summed E-state index contributed by atoms with van der Waals surface area (Å²) in [5, 5.41) is -0.279. The summed E-state index contributed by atoms with van der Waals surface area (Å²) < 4.78 is 17.2.